The Hall–Kier alpha value is -3.88. The molecule has 1 aliphatic rings. The Balaban J connectivity index is 1.57. The van der Waals surface area contributed by atoms with Gasteiger partial charge in [-0.25, -0.2) is 0 Å². The maximum Gasteiger partial charge on any atom is 0.283 e. The third-order valence-electron chi connectivity index (χ3n) is 4.22. The number of fused-ring (bicyclic) bond motifs is 1. The van der Waals surface area contributed by atoms with Crippen LogP contribution in [-0.2, 0) is 9.59 Å². The van der Waals surface area contributed by atoms with Gasteiger partial charge in [-0.1, -0.05) is 12.1 Å². The highest BCUT2D eigenvalue weighted by Crippen LogP contribution is 2.38. The molecule has 1 unspecified atom stereocenters. The maximum absolute atomic E-state index is 12.2. The van der Waals surface area contributed by atoms with E-state index in [2.05, 4.69) is 10.9 Å². The minimum Gasteiger partial charge on any atom is -0.493 e. The van der Waals surface area contributed by atoms with Crippen molar-refractivity contribution in [2.75, 3.05) is 27.9 Å². The van der Waals surface area contributed by atoms with E-state index in [0.29, 0.717) is 34.3 Å². The Morgan fingerprint density at radius 1 is 1.00 bits per heavy atom. The number of ether oxygens (including phenoxy) is 5. The van der Waals surface area contributed by atoms with Gasteiger partial charge in [0.05, 0.1) is 21.3 Å². The minimum absolute atomic E-state index is 0.0417. The molecule has 2 aromatic rings. The first-order valence-corrected chi connectivity index (χ1v) is 9.02. The van der Waals surface area contributed by atoms with Crippen LogP contribution in [0.1, 0.15) is 5.56 Å². The van der Waals surface area contributed by atoms with Gasteiger partial charge >= 0.3 is 0 Å². The van der Waals surface area contributed by atoms with Crippen LogP contribution in [0.15, 0.2) is 42.5 Å². The Morgan fingerprint density at radius 2 is 1.67 bits per heavy atom. The van der Waals surface area contributed by atoms with Crippen LogP contribution >= 0.6 is 0 Å². The minimum atomic E-state index is -0.876. The van der Waals surface area contributed by atoms with Crippen molar-refractivity contribution in [3.8, 4) is 28.7 Å². The number of hydrogen-bond acceptors (Lipinski definition) is 7. The zero-order valence-electron chi connectivity index (χ0n) is 16.8. The smallest absolute Gasteiger partial charge is 0.283 e. The highest BCUT2D eigenvalue weighted by atomic mass is 16.6. The van der Waals surface area contributed by atoms with Crippen molar-refractivity contribution in [1.82, 2.24) is 10.9 Å². The molecule has 158 valence electrons. The van der Waals surface area contributed by atoms with E-state index in [4.69, 9.17) is 23.7 Å². The summed E-state index contributed by atoms with van der Waals surface area (Å²) in [6, 6.07) is 10.4. The first kappa shape index (κ1) is 20.8. The predicted octanol–water partition coefficient (Wildman–Crippen LogP) is 1.71. The van der Waals surface area contributed by atoms with Crippen LogP contribution in [0.3, 0.4) is 0 Å². The van der Waals surface area contributed by atoms with E-state index in [-0.39, 0.29) is 6.61 Å². The third kappa shape index (κ3) is 4.75. The summed E-state index contributed by atoms with van der Waals surface area (Å²) in [5.41, 5.74) is 5.27. The van der Waals surface area contributed by atoms with Crippen molar-refractivity contribution in [1.29, 1.82) is 0 Å². The number of carbonyl (C=O) groups excluding carboxylic acids is 2. The summed E-state index contributed by atoms with van der Waals surface area (Å²) in [6.45, 7) is 0.0417. The molecule has 2 amide bonds. The van der Waals surface area contributed by atoms with Crippen LogP contribution in [0.25, 0.3) is 6.08 Å². The number of rotatable bonds is 6. The maximum atomic E-state index is 12.2. The highest BCUT2D eigenvalue weighted by molar-refractivity contribution is 5.93. The SMILES string of the molecule is COc1cc(/C=C/C(=O)NNC(=O)C2COc3ccccc3O2)cc(OC)c1OC. The topological polar surface area (TPSA) is 104 Å². The van der Waals surface area contributed by atoms with Crippen molar-refractivity contribution in [3.05, 3.63) is 48.0 Å². The number of amides is 2. The predicted molar refractivity (Wildman–Crippen MR) is 108 cm³/mol. The average Bonchev–Trinajstić information content (AvgIpc) is 2.79. The van der Waals surface area contributed by atoms with E-state index in [9.17, 15) is 9.59 Å². The molecule has 0 bridgehead atoms. The van der Waals surface area contributed by atoms with Gasteiger partial charge in [0.25, 0.3) is 11.8 Å². The van der Waals surface area contributed by atoms with Gasteiger partial charge in [-0.05, 0) is 35.9 Å². The van der Waals surface area contributed by atoms with Crippen LogP contribution in [0.5, 0.6) is 28.7 Å². The van der Waals surface area contributed by atoms with Gasteiger partial charge in [-0.15, -0.1) is 0 Å². The molecule has 0 aliphatic carbocycles. The van der Waals surface area contributed by atoms with Gasteiger partial charge in [0, 0.05) is 6.08 Å². The van der Waals surface area contributed by atoms with Gasteiger partial charge in [0.1, 0.15) is 6.61 Å². The van der Waals surface area contributed by atoms with E-state index >= 15 is 0 Å². The van der Waals surface area contributed by atoms with Crippen LogP contribution in [0, 0.1) is 0 Å². The summed E-state index contributed by atoms with van der Waals surface area (Å²) in [6.07, 6.45) is 1.93. The fraction of sp³-hybridized carbons (Fsp3) is 0.238. The molecule has 2 aromatic carbocycles. The first-order valence-electron chi connectivity index (χ1n) is 9.02. The number of methoxy groups -OCH3 is 3. The molecule has 0 saturated carbocycles. The Kier molecular flexibility index (Phi) is 6.63. The second kappa shape index (κ2) is 9.55. The quantitative estimate of drug-likeness (QED) is 0.548. The lowest BCUT2D eigenvalue weighted by Crippen LogP contribution is -2.50. The number of para-hydroxylation sites is 2. The van der Waals surface area contributed by atoms with E-state index in [1.807, 2.05) is 6.07 Å². The fourth-order valence-corrected chi connectivity index (χ4v) is 2.76. The number of nitrogens with one attached hydrogen (secondary N) is 2. The molecule has 0 saturated heterocycles. The zero-order valence-corrected chi connectivity index (χ0v) is 16.8. The van der Waals surface area contributed by atoms with Gasteiger partial charge in [0.2, 0.25) is 11.9 Å². The monoisotopic (exact) mass is 414 g/mol. The van der Waals surface area contributed by atoms with Crippen molar-refractivity contribution in [2.24, 2.45) is 0 Å². The molecule has 0 spiro atoms. The van der Waals surface area contributed by atoms with Crippen LogP contribution in [0.4, 0.5) is 0 Å². The van der Waals surface area contributed by atoms with Crippen LogP contribution < -0.4 is 34.5 Å². The number of hydrogen-bond donors (Lipinski definition) is 2. The summed E-state index contributed by atoms with van der Waals surface area (Å²) in [5, 5.41) is 0. The third-order valence-corrected chi connectivity index (χ3v) is 4.22. The number of hydrazine groups is 1. The summed E-state index contributed by atoms with van der Waals surface area (Å²) >= 11 is 0. The summed E-state index contributed by atoms with van der Waals surface area (Å²) in [4.78, 5) is 24.3. The van der Waals surface area contributed by atoms with E-state index in [1.165, 1.54) is 27.4 Å². The van der Waals surface area contributed by atoms with E-state index < -0.39 is 17.9 Å². The molecule has 1 heterocycles. The number of benzene rings is 2. The second-order valence-electron chi connectivity index (χ2n) is 6.13. The van der Waals surface area contributed by atoms with Crippen molar-refractivity contribution >= 4 is 17.9 Å². The fourth-order valence-electron chi connectivity index (χ4n) is 2.76. The summed E-state index contributed by atoms with van der Waals surface area (Å²) in [7, 11) is 4.51. The van der Waals surface area contributed by atoms with E-state index in [0.717, 1.165) is 0 Å². The zero-order chi connectivity index (χ0) is 21.5. The van der Waals surface area contributed by atoms with Gasteiger partial charge in [0.15, 0.2) is 23.0 Å². The molecule has 9 heteroatoms. The molecule has 1 aliphatic heterocycles. The molecule has 0 aromatic heterocycles. The van der Waals surface area contributed by atoms with Gasteiger partial charge < -0.3 is 23.7 Å². The molecule has 2 N–H and O–H groups in total. The second-order valence-corrected chi connectivity index (χ2v) is 6.13. The molecule has 1 atom stereocenters. The molecule has 0 fully saturated rings. The van der Waals surface area contributed by atoms with E-state index in [1.54, 1.807) is 36.4 Å². The van der Waals surface area contributed by atoms with Gasteiger partial charge in [-0.2, -0.15) is 0 Å². The largest absolute Gasteiger partial charge is 0.493 e. The molecular weight excluding hydrogens is 392 g/mol. The van der Waals surface area contributed by atoms with Crippen molar-refractivity contribution < 1.29 is 33.3 Å². The van der Waals surface area contributed by atoms with Crippen molar-refractivity contribution in [2.45, 2.75) is 6.10 Å². The lowest BCUT2D eigenvalue weighted by atomic mass is 10.1. The molecular formula is C21H22N2O7. The molecule has 9 nitrogen and oxygen atoms in total. The average molecular weight is 414 g/mol. The Labute approximate surface area is 173 Å². The lowest BCUT2D eigenvalue weighted by molar-refractivity contribution is -0.134. The standard InChI is InChI=1S/C21H22N2O7/c1-26-16-10-13(11-17(27-2)20(16)28-3)8-9-19(24)22-23-21(25)18-12-29-14-6-4-5-7-15(14)30-18/h4-11,18H,12H2,1-3H3,(H,22,24)(H,23,25)/b9-8+. The van der Waals surface area contributed by atoms with Gasteiger partial charge in [-0.3, -0.25) is 20.4 Å². The van der Waals surface area contributed by atoms with Crippen molar-refractivity contribution in [3.63, 3.8) is 0 Å². The summed E-state index contributed by atoms with van der Waals surface area (Å²) in [5.74, 6) is 1.34. The first-order chi connectivity index (χ1) is 14.5. The van der Waals surface area contributed by atoms with Crippen LogP contribution in [0.2, 0.25) is 0 Å². The molecule has 0 radical (unpaired) electrons. The van der Waals surface area contributed by atoms with Crippen LogP contribution in [-0.4, -0.2) is 45.9 Å². The molecule has 30 heavy (non-hydrogen) atoms. The normalized spacial score (nSPS) is 14.7. The lowest BCUT2D eigenvalue weighted by Gasteiger charge is -2.25. The highest BCUT2D eigenvalue weighted by Gasteiger charge is 2.27. The Morgan fingerprint density at radius 3 is 2.30 bits per heavy atom. The Bertz CT molecular complexity index is 933. The summed E-state index contributed by atoms with van der Waals surface area (Å²) < 4.78 is 26.9. The number of carbonyl (C=O) groups is 2. The molecule has 3 rings (SSSR count).